The van der Waals surface area contributed by atoms with Gasteiger partial charge >= 0.3 is 5.97 Å². The van der Waals surface area contributed by atoms with E-state index in [4.69, 9.17) is 5.11 Å². The summed E-state index contributed by atoms with van der Waals surface area (Å²) in [5, 5.41) is 24.9. The summed E-state index contributed by atoms with van der Waals surface area (Å²) in [6, 6.07) is 4.27. The first-order chi connectivity index (χ1) is 11.7. The lowest BCUT2D eigenvalue weighted by Crippen LogP contribution is -2.58. The molecule has 0 bridgehead atoms. The van der Waals surface area contributed by atoms with E-state index in [1.807, 2.05) is 0 Å². The summed E-state index contributed by atoms with van der Waals surface area (Å²) in [5.41, 5.74) is -0.912. The molecule has 1 unspecified atom stereocenters. The van der Waals surface area contributed by atoms with Crippen LogP contribution in [-0.2, 0) is 9.59 Å². The monoisotopic (exact) mass is 349 g/mol. The first kappa shape index (κ1) is 18.4. The molecule has 1 fully saturated rings. The van der Waals surface area contributed by atoms with Gasteiger partial charge in [-0.05, 0) is 32.3 Å². The number of hydrogen-bond donors (Lipinski definition) is 3. The van der Waals surface area contributed by atoms with Gasteiger partial charge in [0.2, 0.25) is 5.91 Å². The number of carboxylic acids is 1. The highest BCUT2D eigenvalue weighted by molar-refractivity contribution is 5.98. The van der Waals surface area contributed by atoms with E-state index in [1.54, 1.807) is 0 Å². The molecule has 2 rings (SSSR count). The second-order valence-electron chi connectivity index (χ2n) is 6.20. The maximum Gasteiger partial charge on any atom is 0.305 e. The molecule has 0 aromatic heterocycles. The smallest absolute Gasteiger partial charge is 0.305 e. The number of non-ortho nitro benzene ring substituents is 1. The van der Waals surface area contributed by atoms with Crippen LogP contribution in [0.25, 0.3) is 0 Å². The summed E-state index contributed by atoms with van der Waals surface area (Å²) in [4.78, 5) is 45.5. The Bertz CT molecular complexity index is 714. The molecular formula is C16H19N3O6. The number of nitrogens with zero attached hydrogens (tertiary/aromatic N) is 1. The maximum absolute atomic E-state index is 12.2. The average molecular weight is 349 g/mol. The Labute approximate surface area is 143 Å². The molecule has 0 radical (unpaired) electrons. The molecule has 3 N–H and O–H groups in total. The SMILES string of the molecule is CC(NC(=O)c1cccc([N+](=O)[O-])c1)C(=O)NC1(CC(=O)O)CCC1. The number of nitro groups is 1. The Kier molecular flexibility index (Phi) is 5.35. The number of rotatable bonds is 7. The average Bonchev–Trinajstić information content (AvgIpc) is 2.52. The predicted octanol–water partition coefficient (Wildman–Crippen LogP) is 1.23. The fourth-order valence-electron chi connectivity index (χ4n) is 2.71. The Balaban J connectivity index is 1.98. The lowest BCUT2D eigenvalue weighted by molar-refractivity contribution is -0.384. The van der Waals surface area contributed by atoms with E-state index in [9.17, 15) is 24.5 Å². The number of carbonyl (C=O) groups excluding carboxylic acids is 2. The fraction of sp³-hybridized carbons (Fsp3) is 0.438. The Morgan fingerprint density at radius 3 is 2.56 bits per heavy atom. The molecule has 1 saturated carbocycles. The molecule has 0 aliphatic heterocycles. The van der Waals surface area contributed by atoms with E-state index in [1.165, 1.54) is 25.1 Å². The highest BCUT2D eigenvalue weighted by atomic mass is 16.6. The van der Waals surface area contributed by atoms with Crippen molar-refractivity contribution < 1.29 is 24.4 Å². The molecule has 0 spiro atoms. The zero-order valence-corrected chi connectivity index (χ0v) is 13.7. The quantitative estimate of drug-likeness (QED) is 0.500. The molecule has 1 aliphatic rings. The number of carboxylic acid groups (broad SMARTS) is 1. The molecule has 1 aliphatic carbocycles. The number of nitro benzene ring substituents is 1. The van der Waals surface area contributed by atoms with Gasteiger partial charge in [-0.25, -0.2) is 0 Å². The minimum absolute atomic E-state index is 0.0674. The lowest BCUT2D eigenvalue weighted by Gasteiger charge is -2.42. The third kappa shape index (κ3) is 4.52. The van der Waals surface area contributed by atoms with E-state index >= 15 is 0 Å². The van der Waals surface area contributed by atoms with Crippen LogP contribution >= 0.6 is 0 Å². The van der Waals surface area contributed by atoms with E-state index < -0.39 is 34.3 Å². The van der Waals surface area contributed by atoms with Gasteiger partial charge < -0.3 is 15.7 Å². The van der Waals surface area contributed by atoms with Crippen LogP contribution in [0.4, 0.5) is 5.69 Å². The summed E-state index contributed by atoms with van der Waals surface area (Å²) >= 11 is 0. The molecule has 0 saturated heterocycles. The number of nitrogens with one attached hydrogen (secondary N) is 2. The van der Waals surface area contributed by atoms with Gasteiger partial charge in [0, 0.05) is 17.7 Å². The molecule has 1 aromatic rings. The summed E-state index contributed by atoms with van der Waals surface area (Å²) in [5.74, 6) is -2.10. The van der Waals surface area contributed by atoms with Gasteiger partial charge in [0.05, 0.1) is 16.9 Å². The zero-order valence-electron chi connectivity index (χ0n) is 13.7. The van der Waals surface area contributed by atoms with Crippen molar-refractivity contribution in [1.29, 1.82) is 0 Å². The van der Waals surface area contributed by atoms with Gasteiger partial charge in [-0.3, -0.25) is 24.5 Å². The standard InChI is InChI=1S/C16H19N3O6/c1-10(14(22)18-16(6-3-7-16)9-13(20)21)17-15(23)11-4-2-5-12(8-11)19(24)25/h2,4-5,8,10H,3,6-7,9H2,1H3,(H,17,23)(H,18,22)(H,20,21). The van der Waals surface area contributed by atoms with Crippen LogP contribution in [0, 0.1) is 10.1 Å². The van der Waals surface area contributed by atoms with E-state index in [-0.39, 0.29) is 17.7 Å². The fourth-order valence-corrected chi connectivity index (χ4v) is 2.71. The second kappa shape index (κ2) is 7.29. The van der Waals surface area contributed by atoms with Crippen molar-refractivity contribution in [3.63, 3.8) is 0 Å². The topological polar surface area (TPSA) is 139 Å². The molecule has 1 aromatic carbocycles. The Hall–Kier alpha value is -2.97. The predicted molar refractivity (Wildman–Crippen MR) is 87.0 cm³/mol. The summed E-state index contributed by atoms with van der Waals surface area (Å²) in [6.45, 7) is 1.47. The minimum atomic E-state index is -0.992. The molecule has 25 heavy (non-hydrogen) atoms. The van der Waals surface area contributed by atoms with E-state index in [0.29, 0.717) is 12.8 Å². The molecule has 2 amide bonds. The third-order valence-corrected chi connectivity index (χ3v) is 4.25. The number of amides is 2. The summed E-state index contributed by atoms with van der Waals surface area (Å²) < 4.78 is 0. The summed E-state index contributed by atoms with van der Waals surface area (Å²) in [6.07, 6.45) is 1.83. The molecular weight excluding hydrogens is 330 g/mol. The van der Waals surface area contributed by atoms with Crippen LogP contribution in [0.1, 0.15) is 43.0 Å². The summed E-state index contributed by atoms with van der Waals surface area (Å²) in [7, 11) is 0. The van der Waals surface area contributed by atoms with Crippen molar-refractivity contribution in [2.24, 2.45) is 0 Å². The van der Waals surface area contributed by atoms with Crippen LogP contribution in [-0.4, -0.2) is 39.4 Å². The molecule has 9 nitrogen and oxygen atoms in total. The van der Waals surface area contributed by atoms with Gasteiger partial charge in [0.25, 0.3) is 11.6 Å². The van der Waals surface area contributed by atoms with Crippen LogP contribution in [0.3, 0.4) is 0 Å². The van der Waals surface area contributed by atoms with Crippen molar-refractivity contribution in [3.8, 4) is 0 Å². The normalized spacial score (nSPS) is 16.2. The highest BCUT2D eigenvalue weighted by Gasteiger charge is 2.41. The number of hydrogen-bond acceptors (Lipinski definition) is 5. The van der Waals surface area contributed by atoms with Gasteiger partial charge in [-0.1, -0.05) is 6.07 Å². The second-order valence-corrected chi connectivity index (χ2v) is 6.20. The Morgan fingerprint density at radius 1 is 1.36 bits per heavy atom. The molecule has 1 atom stereocenters. The van der Waals surface area contributed by atoms with Crippen LogP contribution in [0.5, 0.6) is 0 Å². The number of benzene rings is 1. The largest absolute Gasteiger partial charge is 0.481 e. The zero-order chi connectivity index (χ0) is 18.6. The van der Waals surface area contributed by atoms with E-state index in [2.05, 4.69) is 10.6 Å². The molecule has 134 valence electrons. The van der Waals surface area contributed by atoms with Crippen molar-refractivity contribution >= 4 is 23.5 Å². The van der Waals surface area contributed by atoms with E-state index in [0.717, 1.165) is 12.5 Å². The maximum atomic E-state index is 12.2. The van der Waals surface area contributed by atoms with Crippen molar-refractivity contribution in [3.05, 3.63) is 39.9 Å². The van der Waals surface area contributed by atoms with Crippen LogP contribution < -0.4 is 10.6 Å². The lowest BCUT2D eigenvalue weighted by atomic mass is 9.74. The highest BCUT2D eigenvalue weighted by Crippen LogP contribution is 2.34. The Morgan fingerprint density at radius 2 is 2.04 bits per heavy atom. The first-order valence-electron chi connectivity index (χ1n) is 7.82. The van der Waals surface area contributed by atoms with Crippen molar-refractivity contribution in [2.75, 3.05) is 0 Å². The van der Waals surface area contributed by atoms with Gasteiger partial charge in [0.1, 0.15) is 6.04 Å². The minimum Gasteiger partial charge on any atom is -0.481 e. The van der Waals surface area contributed by atoms with Crippen LogP contribution in [0.15, 0.2) is 24.3 Å². The van der Waals surface area contributed by atoms with Crippen LogP contribution in [0.2, 0.25) is 0 Å². The van der Waals surface area contributed by atoms with Crippen molar-refractivity contribution in [1.82, 2.24) is 10.6 Å². The molecule has 9 heteroatoms. The van der Waals surface area contributed by atoms with Crippen molar-refractivity contribution in [2.45, 2.75) is 44.2 Å². The number of aliphatic carboxylic acids is 1. The molecule has 0 heterocycles. The van der Waals surface area contributed by atoms with Gasteiger partial charge in [-0.2, -0.15) is 0 Å². The van der Waals surface area contributed by atoms with Gasteiger partial charge in [0.15, 0.2) is 0 Å². The number of carbonyl (C=O) groups is 3. The first-order valence-corrected chi connectivity index (χ1v) is 7.82. The van der Waals surface area contributed by atoms with Gasteiger partial charge in [-0.15, -0.1) is 0 Å². The third-order valence-electron chi connectivity index (χ3n) is 4.25.